The number of benzene rings is 1. The van der Waals surface area contributed by atoms with Crippen molar-refractivity contribution in [2.24, 2.45) is 5.92 Å². The van der Waals surface area contributed by atoms with E-state index in [1.54, 1.807) is 13.1 Å². The molecule has 0 aromatic heterocycles. The molecular formula is C24H37N3O10. The first-order chi connectivity index (χ1) is 17.4. The zero-order valence-corrected chi connectivity index (χ0v) is 21.5. The second-order valence-electron chi connectivity index (χ2n) is 9.16. The standard InChI is InChI=1S/C24H37N3O10/c1-11(2)18(25-5)23(34)26-12(3)22(33)27-15-7-6-14(10-35-13(4)29)8-16(15)36-24-21(32)20(31)19(30)17(9-28)37-24/h6-8,11-12,17-21,24-25,28,30-32H,9-10H2,1-5H3,(H,26,34)(H,27,33)/t12-,17+,18-,19+,20-,21+,24+/m0/s1. The molecule has 0 aliphatic carbocycles. The fraction of sp³-hybridized carbons (Fsp3) is 0.625. The highest BCUT2D eigenvalue weighted by atomic mass is 16.7. The molecule has 13 nitrogen and oxygen atoms in total. The van der Waals surface area contributed by atoms with Crippen LogP contribution in [0.5, 0.6) is 5.75 Å². The second-order valence-corrected chi connectivity index (χ2v) is 9.16. The molecule has 2 amide bonds. The SMILES string of the molecule is CN[C@H](C(=O)N[C@@H](C)C(=O)Nc1ccc(COC(C)=O)cc1O[C@@H]1O[C@H](CO)[C@@H](O)[C@H](O)[C@H]1O)C(C)C. The summed E-state index contributed by atoms with van der Waals surface area (Å²) in [5.74, 6) is -1.47. The fourth-order valence-corrected chi connectivity index (χ4v) is 3.71. The van der Waals surface area contributed by atoms with Crippen LogP contribution < -0.4 is 20.7 Å². The van der Waals surface area contributed by atoms with Crippen molar-refractivity contribution in [1.29, 1.82) is 0 Å². The van der Waals surface area contributed by atoms with E-state index in [2.05, 4.69) is 16.0 Å². The Kier molecular flexibility index (Phi) is 11.2. The molecule has 208 valence electrons. The van der Waals surface area contributed by atoms with Gasteiger partial charge in [-0.2, -0.15) is 0 Å². The first-order valence-electron chi connectivity index (χ1n) is 11.9. The number of amides is 2. The lowest BCUT2D eigenvalue weighted by Gasteiger charge is -2.39. The van der Waals surface area contributed by atoms with Crippen LogP contribution in [0.4, 0.5) is 5.69 Å². The second kappa shape index (κ2) is 13.7. The number of carbonyl (C=O) groups excluding carboxylic acids is 3. The van der Waals surface area contributed by atoms with Crippen LogP contribution in [-0.2, 0) is 30.5 Å². The first kappa shape index (κ1) is 30.4. The molecule has 1 fully saturated rings. The van der Waals surface area contributed by atoms with Crippen molar-refractivity contribution in [3.8, 4) is 5.75 Å². The minimum absolute atomic E-state index is 0.0106. The van der Waals surface area contributed by atoms with E-state index >= 15 is 0 Å². The van der Waals surface area contributed by atoms with Crippen molar-refractivity contribution >= 4 is 23.5 Å². The van der Waals surface area contributed by atoms with E-state index in [1.165, 1.54) is 26.0 Å². The number of likely N-dealkylation sites (N-methyl/N-ethyl adjacent to an activating group) is 1. The van der Waals surface area contributed by atoms with Gasteiger partial charge in [0, 0.05) is 6.92 Å². The van der Waals surface area contributed by atoms with E-state index in [1.807, 2.05) is 13.8 Å². The number of anilines is 1. The molecule has 0 spiro atoms. The van der Waals surface area contributed by atoms with Gasteiger partial charge in [-0.25, -0.2) is 0 Å². The zero-order chi connectivity index (χ0) is 27.9. The zero-order valence-electron chi connectivity index (χ0n) is 21.5. The summed E-state index contributed by atoms with van der Waals surface area (Å²) in [7, 11) is 1.65. The molecule has 1 aliphatic rings. The highest BCUT2D eigenvalue weighted by Crippen LogP contribution is 2.31. The summed E-state index contributed by atoms with van der Waals surface area (Å²) in [6.45, 7) is 5.72. The number of ether oxygens (including phenoxy) is 3. The maximum Gasteiger partial charge on any atom is 0.302 e. The van der Waals surface area contributed by atoms with Crippen LogP contribution in [0.25, 0.3) is 0 Å². The lowest BCUT2D eigenvalue weighted by atomic mass is 9.99. The van der Waals surface area contributed by atoms with Crippen molar-refractivity contribution in [3.63, 3.8) is 0 Å². The van der Waals surface area contributed by atoms with Crippen molar-refractivity contribution in [3.05, 3.63) is 23.8 Å². The maximum absolute atomic E-state index is 12.9. The molecular weight excluding hydrogens is 490 g/mol. The highest BCUT2D eigenvalue weighted by Gasteiger charge is 2.45. The lowest BCUT2D eigenvalue weighted by Crippen LogP contribution is -2.60. The molecule has 0 saturated carbocycles. The number of esters is 1. The van der Waals surface area contributed by atoms with Gasteiger partial charge in [-0.1, -0.05) is 19.9 Å². The van der Waals surface area contributed by atoms with Crippen molar-refractivity contribution < 1.29 is 49.0 Å². The molecule has 13 heteroatoms. The molecule has 1 heterocycles. The van der Waals surface area contributed by atoms with Gasteiger partial charge < -0.3 is 50.6 Å². The van der Waals surface area contributed by atoms with Crippen LogP contribution in [0.1, 0.15) is 33.3 Å². The highest BCUT2D eigenvalue weighted by molar-refractivity contribution is 5.98. The predicted octanol–water partition coefficient (Wildman–Crippen LogP) is -1.38. The summed E-state index contributed by atoms with van der Waals surface area (Å²) in [6.07, 6.45) is -7.66. The van der Waals surface area contributed by atoms with Gasteiger partial charge in [-0.3, -0.25) is 14.4 Å². The average molecular weight is 528 g/mol. The summed E-state index contributed by atoms with van der Waals surface area (Å²) in [5, 5.41) is 48.1. The van der Waals surface area contributed by atoms with Gasteiger partial charge in [0.2, 0.25) is 18.1 Å². The van der Waals surface area contributed by atoms with Gasteiger partial charge in [0.25, 0.3) is 0 Å². The summed E-state index contributed by atoms with van der Waals surface area (Å²) < 4.78 is 16.1. The van der Waals surface area contributed by atoms with Gasteiger partial charge in [0.15, 0.2) is 0 Å². The van der Waals surface area contributed by atoms with Crippen molar-refractivity contribution in [1.82, 2.24) is 10.6 Å². The summed E-state index contributed by atoms with van der Waals surface area (Å²) >= 11 is 0. The molecule has 7 atom stereocenters. The molecule has 1 aliphatic heterocycles. The average Bonchev–Trinajstić information content (AvgIpc) is 2.84. The summed E-state index contributed by atoms with van der Waals surface area (Å²) in [4.78, 5) is 36.6. The molecule has 1 aromatic carbocycles. The Balaban J connectivity index is 2.26. The molecule has 2 rings (SSSR count). The number of hydrogen-bond acceptors (Lipinski definition) is 11. The molecule has 0 radical (unpaired) electrons. The number of aliphatic hydroxyl groups excluding tert-OH is 4. The number of rotatable bonds is 11. The van der Waals surface area contributed by atoms with Crippen LogP contribution in [0.15, 0.2) is 18.2 Å². The molecule has 7 N–H and O–H groups in total. The Bertz CT molecular complexity index is 941. The van der Waals surface area contributed by atoms with Crippen LogP contribution in [0.2, 0.25) is 0 Å². The number of aliphatic hydroxyl groups is 4. The maximum atomic E-state index is 12.9. The molecule has 1 saturated heterocycles. The minimum atomic E-state index is -1.69. The third-order valence-electron chi connectivity index (χ3n) is 5.85. The van der Waals surface area contributed by atoms with Crippen LogP contribution in [0, 0.1) is 5.92 Å². The Morgan fingerprint density at radius 2 is 1.73 bits per heavy atom. The number of carbonyl (C=O) groups is 3. The van der Waals surface area contributed by atoms with Crippen LogP contribution in [-0.4, -0.2) is 94.7 Å². The number of nitrogens with one attached hydrogen (secondary N) is 3. The van der Waals surface area contributed by atoms with Gasteiger partial charge in [-0.05, 0) is 37.6 Å². The van der Waals surface area contributed by atoms with Gasteiger partial charge in [0.05, 0.1) is 18.3 Å². The van der Waals surface area contributed by atoms with Crippen molar-refractivity contribution in [2.75, 3.05) is 19.0 Å². The van der Waals surface area contributed by atoms with Gasteiger partial charge >= 0.3 is 5.97 Å². The largest absolute Gasteiger partial charge is 0.461 e. The third-order valence-corrected chi connectivity index (χ3v) is 5.85. The Morgan fingerprint density at radius 1 is 1.05 bits per heavy atom. The number of hydrogen-bond donors (Lipinski definition) is 7. The van der Waals surface area contributed by atoms with E-state index in [-0.39, 0.29) is 29.9 Å². The van der Waals surface area contributed by atoms with E-state index < -0.39 is 61.3 Å². The normalized spacial score (nSPS) is 25.2. The summed E-state index contributed by atoms with van der Waals surface area (Å²) in [5.41, 5.74) is 0.603. The van der Waals surface area contributed by atoms with Crippen molar-refractivity contribution in [2.45, 2.75) is 77.1 Å². The Hall–Kier alpha value is -2.81. The smallest absolute Gasteiger partial charge is 0.302 e. The minimum Gasteiger partial charge on any atom is -0.461 e. The Morgan fingerprint density at radius 3 is 2.30 bits per heavy atom. The molecule has 0 unspecified atom stereocenters. The monoisotopic (exact) mass is 527 g/mol. The molecule has 0 bridgehead atoms. The summed E-state index contributed by atoms with van der Waals surface area (Å²) in [6, 6.07) is 3.04. The predicted molar refractivity (Wildman–Crippen MR) is 130 cm³/mol. The fourth-order valence-electron chi connectivity index (χ4n) is 3.71. The molecule has 1 aromatic rings. The van der Waals surface area contributed by atoms with Crippen LogP contribution in [0.3, 0.4) is 0 Å². The first-order valence-corrected chi connectivity index (χ1v) is 11.9. The van der Waals surface area contributed by atoms with E-state index in [9.17, 15) is 34.8 Å². The van der Waals surface area contributed by atoms with Crippen LogP contribution >= 0.6 is 0 Å². The quantitative estimate of drug-likeness (QED) is 0.167. The Labute approximate surface area is 215 Å². The van der Waals surface area contributed by atoms with E-state index in [0.717, 1.165) is 0 Å². The molecule has 37 heavy (non-hydrogen) atoms. The van der Waals surface area contributed by atoms with E-state index in [0.29, 0.717) is 5.56 Å². The van der Waals surface area contributed by atoms with Gasteiger partial charge in [-0.15, -0.1) is 0 Å². The van der Waals surface area contributed by atoms with Gasteiger partial charge in [0.1, 0.15) is 42.8 Å². The third kappa shape index (κ3) is 8.09. The topological polar surface area (TPSA) is 196 Å². The van der Waals surface area contributed by atoms with E-state index in [4.69, 9.17) is 14.2 Å². The lowest BCUT2D eigenvalue weighted by molar-refractivity contribution is -0.277.